The van der Waals surface area contributed by atoms with Crippen molar-refractivity contribution < 1.29 is 34.2 Å². The van der Waals surface area contributed by atoms with E-state index in [-0.39, 0.29) is 17.9 Å². The number of carbonyl (C=O) groups is 3. The number of carboxylic acid groups (broad SMARTS) is 3. The molecular formula is C14H13N3O8. The SMILES string of the molecule is O=C(O)C1=C/C(=C\C=NC(C(=O)O)c2cc(=O)[nH]o2)CC(C(=O)O)N1. The lowest BCUT2D eigenvalue weighted by molar-refractivity contribution is -0.140. The molecule has 0 fully saturated rings. The van der Waals surface area contributed by atoms with Crippen molar-refractivity contribution in [3.63, 3.8) is 0 Å². The summed E-state index contributed by atoms with van der Waals surface area (Å²) in [7, 11) is 0. The number of aliphatic imine (C=N–C) groups is 1. The van der Waals surface area contributed by atoms with Crippen LogP contribution in [0.5, 0.6) is 0 Å². The smallest absolute Gasteiger partial charge is 0.351 e. The van der Waals surface area contributed by atoms with E-state index in [2.05, 4.69) is 10.3 Å². The zero-order valence-corrected chi connectivity index (χ0v) is 12.5. The number of H-pyrrole nitrogens is 1. The molecule has 132 valence electrons. The minimum Gasteiger partial charge on any atom is -0.480 e. The lowest BCUT2D eigenvalue weighted by Gasteiger charge is -2.21. The molecule has 0 saturated heterocycles. The Balaban J connectivity index is 2.25. The van der Waals surface area contributed by atoms with E-state index >= 15 is 0 Å². The first kappa shape index (κ1) is 17.7. The van der Waals surface area contributed by atoms with Crippen molar-refractivity contribution in [2.75, 3.05) is 0 Å². The second-order valence-corrected chi connectivity index (χ2v) is 5.00. The molecule has 1 aliphatic rings. The van der Waals surface area contributed by atoms with Crippen molar-refractivity contribution in [2.24, 2.45) is 4.99 Å². The molecule has 11 heteroatoms. The van der Waals surface area contributed by atoms with E-state index < -0.39 is 35.6 Å². The monoisotopic (exact) mass is 351 g/mol. The summed E-state index contributed by atoms with van der Waals surface area (Å²) in [6, 6.07) is -1.67. The van der Waals surface area contributed by atoms with E-state index in [0.717, 1.165) is 12.3 Å². The van der Waals surface area contributed by atoms with Crippen LogP contribution in [0.1, 0.15) is 18.2 Å². The summed E-state index contributed by atoms with van der Waals surface area (Å²) in [5.74, 6) is -4.13. The van der Waals surface area contributed by atoms with E-state index in [4.69, 9.17) is 19.8 Å². The maximum absolute atomic E-state index is 11.2. The molecule has 0 aromatic carbocycles. The van der Waals surface area contributed by atoms with Crippen LogP contribution < -0.4 is 10.9 Å². The Morgan fingerprint density at radius 3 is 2.56 bits per heavy atom. The molecule has 0 radical (unpaired) electrons. The lowest BCUT2D eigenvalue weighted by atomic mass is 10.00. The molecule has 0 bridgehead atoms. The largest absolute Gasteiger partial charge is 0.480 e. The van der Waals surface area contributed by atoms with Gasteiger partial charge in [-0.1, -0.05) is 0 Å². The normalized spacial score (nSPS) is 20.1. The van der Waals surface area contributed by atoms with Gasteiger partial charge in [0.05, 0.1) is 6.07 Å². The number of aliphatic carboxylic acids is 3. The van der Waals surface area contributed by atoms with E-state index in [1.54, 1.807) is 0 Å². The number of nitrogens with one attached hydrogen (secondary N) is 2. The van der Waals surface area contributed by atoms with Crippen molar-refractivity contribution in [3.05, 3.63) is 45.6 Å². The maximum Gasteiger partial charge on any atom is 0.351 e. The highest BCUT2D eigenvalue weighted by Crippen LogP contribution is 2.18. The number of hydrogen-bond donors (Lipinski definition) is 5. The van der Waals surface area contributed by atoms with Crippen LogP contribution in [0.15, 0.2) is 43.8 Å². The Bertz CT molecular complexity index is 844. The Labute approximate surface area is 139 Å². The summed E-state index contributed by atoms with van der Waals surface area (Å²) in [5, 5.41) is 31.4. The standard InChI is InChI=1S/C14H13N3O8/c18-10-5-9(25-17-10)11(14(23)24)15-2-1-6-3-7(12(19)20)16-8(4-6)13(21)22/h1-3,5,8,11,16H,4H2,(H,17,18)(H,19,20)(H,21,22)(H,23,24)/b6-1+,15-2?. The summed E-state index contributed by atoms with van der Waals surface area (Å²) in [5.41, 5.74) is -0.594. The molecule has 11 nitrogen and oxygen atoms in total. The third-order valence-electron chi connectivity index (χ3n) is 3.20. The molecular weight excluding hydrogens is 338 g/mol. The van der Waals surface area contributed by atoms with Crippen molar-refractivity contribution in [1.29, 1.82) is 0 Å². The molecule has 0 spiro atoms. The fourth-order valence-corrected chi connectivity index (χ4v) is 2.06. The molecule has 0 saturated carbocycles. The molecule has 25 heavy (non-hydrogen) atoms. The van der Waals surface area contributed by atoms with E-state index in [1.807, 2.05) is 5.16 Å². The number of carboxylic acids is 3. The molecule has 2 heterocycles. The Kier molecular flexibility index (Phi) is 5.17. The maximum atomic E-state index is 11.2. The number of hydrogen-bond acceptors (Lipinski definition) is 7. The van der Waals surface area contributed by atoms with Gasteiger partial charge in [0.25, 0.3) is 5.56 Å². The summed E-state index contributed by atoms with van der Waals surface area (Å²) >= 11 is 0. The van der Waals surface area contributed by atoms with Gasteiger partial charge in [-0.15, -0.1) is 0 Å². The van der Waals surface area contributed by atoms with E-state index in [0.29, 0.717) is 5.57 Å². The van der Waals surface area contributed by atoms with Crippen LogP contribution in [0.4, 0.5) is 0 Å². The molecule has 2 rings (SSSR count). The molecule has 1 aliphatic heterocycles. The molecule has 2 atom stereocenters. The van der Waals surface area contributed by atoms with Crippen LogP contribution in [0, 0.1) is 0 Å². The quantitative estimate of drug-likeness (QED) is 0.422. The van der Waals surface area contributed by atoms with Crippen molar-refractivity contribution >= 4 is 24.1 Å². The minimum absolute atomic E-state index is 0.0187. The molecule has 0 aliphatic carbocycles. The Hall–Kier alpha value is -3.63. The van der Waals surface area contributed by atoms with Gasteiger partial charge >= 0.3 is 17.9 Å². The zero-order chi connectivity index (χ0) is 18.6. The average Bonchev–Trinajstić information content (AvgIpc) is 2.96. The van der Waals surface area contributed by atoms with Gasteiger partial charge in [-0.25, -0.2) is 14.4 Å². The van der Waals surface area contributed by atoms with Crippen LogP contribution in [0.3, 0.4) is 0 Å². The van der Waals surface area contributed by atoms with Crippen molar-refractivity contribution in [2.45, 2.75) is 18.5 Å². The van der Waals surface area contributed by atoms with Crippen molar-refractivity contribution in [3.8, 4) is 0 Å². The summed E-state index contributed by atoms with van der Waals surface area (Å²) in [6.45, 7) is 0. The number of allylic oxidation sites excluding steroid dienone is 2. The number of aromatic amines is 1. The number of rotatable bonds is 6. The minimum atomic E-state index is -1.48. The first-order valence-electron chi connectivity index (χ1n) is 6.86. The summed E-state index contributed by atoms with van der Waals surface area (Å²) in [4.78, 5) is 48.0. The highest BCUT2D eigenvalue weighted by Gasteiger charge is 2.26. The van der Waals surface area contributed by atoms with Crippen LogP contribution in [-0.4, -0.2) is 50.6 Å². The Morgan fingerprint density at radius 2 is 2.04 bits per heavy atom. The van der Waals surface area contributed by atoms with Gasteiger partial charge < -0.3 is 25.2 Å². The van der Waals surface area contributed by atoms with Crippen LogP contribution >= 0.6 is 0 Å². The molecule has 1 aromatic rings. The van der Waals surface area contributed by atoms with Gasteiger partial charge in [0.1, 0.15) is 11.7 Å². The van der Waals surface area contributed by atoms with Crippen LogP contribution in [0.2, 0.25) is 0 Å². The van der Waals surface area contributed by atoms with E-state index in [9.17, 15) is 19.2 Å². The predicted molar refractivity (Wildman–Crippen MR) is 81.2 cm³/mol. The third-order valence-corrected chi connectivity index (χ3v) is 3.20. The number of nitrogens with zero attached hydrogens (tertiary/aromatic N) is 1. The summed E-state index contributed by atoms with van der Waals surface area (Å²) in [6.07, 6.45) is 3.58. The van der Waals surface area contributed by atoms with Crippen molar-refractivity contribution in [1.82, 2.24) is 10.5 Å². The molecule has 1 aromatic heterocycles. The number of aromatic nitrogens is 1. The zero-order valence-electron chi connectivity index (χ0n) is 12.5. The Morgan fingerprint density at radius 1 is 1.32 bits per heavy atom. The van der Waals surface area contributed by atoms with Gasteiger partial charge in [0.2, 0.25) is 6.04 Å². The average molecular weight is 351 g/mol. The fourth-order valence-electron chi connectivity index (χ4n) is 2.06. The topological polar surface area (TPSA) is 182 Å². The van der Waals surface area contributed by atoms with Gasteiger partial charge in [-0.2, -0.15) is 5.16 Å². The molecule has 5 N–H and O–H groups in total. The molecule has 0 amide bonds. The fraction of sp³-hybridized carbons (Fsp3) is 0.214. The lowest BCUT2D eigenvalue weighted by Crippen LogP contribution is -2.41. The van der Waals surface area contributed by atoms with Gasteiger partial charge in [-0.3, -0.25) is 9.79 Å². The second-order valence-electron chi connectivity index (χ2n) is 5.00. The highest BCUT2D eigenvalue weighted by molar-refractivity contribution is 5.90. The van der Waals surface area contributed by atoms with Gasteiger partial charge in [0.15, 0.2) is 5.76 Å². The first-order valence-corrected chi connectivity index (χ1v) is 6.86. The summed E-state index contributed by atoms with van der Waals surface area (Å²) < 4.78 is 4.70. The van der Waals surface area contributed by atoms with Gasteiger partial charge in [-0.05, 0) is 17.7 Å². The highest BCUT2D eigenvalue weighted by atomic mass is 16.5. The second kappa shape index (κ2) is 7.29. The van der Waals surface area contributed by atoms with Crippen LogP contribution in [0.25, 0.3) is 0 Å². The van der Waals surface area contributed by atoms with Gasteiger partial charge in [0, 0.05) is 12.6 Å². The first-order chi connectivity index (χ1) is 11.8. The van der Waals surface area contributed by atoms with Crippen LogP contribution in [-0.2, 0) is 14.4 Å². The molecule has 2 unspecified atom stereocenters. The predicted octanol–water partition coefficient (Wildman–Crippen LogP) is -0.494. The third kappa shape index (κ3) is 4.43. The van der Waals surface area contributed by atoms with E-state index in [1.165, 1.54) is 12.2 Å².